The highest BCUT2D eigenvalue weighted by molar-refractivity contribution is 5.80. The van der Waals surface area contributed by atoms with Gasteiger partial charge in [-0.1, -0.05) is 13.3 Å². The zero-order valence-electron chi connectivity index (χ0n) is 10.2. The third-order valence-electron chi connectivity index (χ3n) is 4.13. The minimum atomic E-state index is -0.811. The first kappa shape index (κ1) is 12.8. The van der Waals surface area contributed by atoms with Crippen molar-refractivity contribution in [3.63, 3.8) is 0 Å². The number of rotatable bonds is 1. The Morgan fingerprint density at radius 3 is 2.35 bits per heavy atom. The number of nitrogens with zero attached hydrogens (tertiary/aromatic N) is 1. The summed E-state index contributed by atoms with van der Waals surface area (Å²) in [5.74, 6) is 0.141. The number of aliphatic hydroxyl groups is 2. The smallest absolute Gasteiger partial charge is 0.227 e. The van der Waals surface area contributed by atoms with Crippen molar-refractivity contribution in [3.05, 3.63) is 0 Å². The molecule has 0 aromatic carbocycles. The van der Waals surface area contributed by atoms with Gasteiger partial charge in [-0.05, 0) is 18.8 Å². The molecular formula is C12H22N2O3. The minimum absolute atomic E-state index is 0.000278. The summed E-state index contributed by atoms with van der Waals surface area (Å²) in [5.41, 5.74) is 6.03. The van der Waals surface area contributed by atoms with Gasteiger partial charge >= 0.3 is 0 Å². The van der Waals surface area contributed by atoms with E-state index in [1.807, 2.05) is 0 Å². The number of hydrogen-bond donors (Lipinski definition) is 3. The van der Waals surface area contributed by atoms with Gasteiger partial charge in [0, 0.05) is 19.1 Å². The Hall–Kier alpha value is -0.650. The number of hydrogen-bond acceptors (Lipinski definition) is 4. The molecule has 5 nitrogen and oxygen atoms in total. The molecule has 2 rings (SSSR count). The van der Waals surface area contributed by atoms with Gasteiger partial charge in [0.2, 0.25) is 5.91 Å². The standard InChI is InChI=1S/C12H22N2O3/c1-7-3-2-4-8(13)11(7)12(17)14-5-9(15)10(16)6-14/h7-11,15-16H,2-6,13H2,1H3. The molecule has 5 atom stereocenters. The number of likely N-dealkylation sites (tertiary alicyclic amines) is 1. The van der Waals surface area contributed by atoms with Gasteiger partial charge < -0.3 is 20.8 Å². The summed E-state index contributed by atoms with van der Waals surface area (Å²) in [6.45, 7) is 2.52. The van der Waals surface area contributed by atoms with Crippen LogP contribution in [0.5, 0.6) is 0 Å². The molecule has 1 aliphatic carbocycles. The second-order valence-electron chi connectivity index (χ2n) is 5.48. The van der Waals surface area contributed by atoms with Crippen LogP contribution in [0.2, 0.25) is 0 Å². The lowest BCUT2D eigenvalue weighted by Crippen LogP contribution is -2.48. The summed E-state index contributed by atoms with van der Waals surface area (Å²) < 4.78 is 0. The zero-order chi connectivity index (χ0) is 12.6. The second-order valence-corrected chi connectivity index (χ2v) is 5.48. The Morgan fingerprint density at radius 1 is 1.24 bits per heavy atom. The lowest BCUT2D eigenvalue weighted by Gasteiger charge is -2.35. The fraction of sp³-hybridized carbons (Fsp3) is 0.917. The fourth-order valence-corrected chi connectivity index (χ4v) is 3.04. The van der Waals surface area contributed by atoms with Gasteiger partial charge in [-0.3, -0.25) is 4.79 Å². The van der Waals surface area contributed by atoms with Crippen LogP contribution in [0.3, 0.4) is 0 Å². The average molecular weight is 242 g/mol. The van der Waals surface area contributed by atoms with Crippen LogP contribution in [-0.2, 0) is 4.79 Å². The molecule has 5 unspecified atom stereocenters. The maximum absolute atomic E-state index is 12.3. The largest absolute Gasteiger partial charge is 0.388 e. The van der Waals surface area contributed by atoms with Crippen LogP contribution in [-0.4, -0.2) is 52.4 Å². The summed E-state index contributed by atoms with van der Waals surface area (Å²) in [5, 5.41) is 18.9. The van der Waals surface area contributed by atoms with Crippen molar-refractivity contribution < 1.29 is 15.0 Å². The highest BCUT2D eigenvalue weighted by Crippen LogP contribution is 2.31. The van der Waals surface area contributed by atoms with Crippen molar-refractivity contribution in [2.24, 2.45) is 17.6 Å². The van der Waals surface area contributed by atoms with Gasteiger partial charge in [-0.25, -0.2) is 0 Å². The number of aliphatic hydroxyl groups excluding tert-OH is 2. The van der Waals surface area contributed by atoms with Gasteiger partial charge in [0.1, 0.15) is 0 Å². The molecule has 2 aliphatic rings. The van der Waals surface area contributed by atoms with Crippen molar-refractivity contribution in [3.8, 4) is 0 Å². The third-order valence-corrected chi connectivity index (χ3v) is 4.13. The number of carbonyl (C=O) groups is 1. The lowest BCUT2D eigenvalue weighted by atomic mass is 9.76. The fourth-order valence-electron chi connectivity index (χ4n) is 3.04. The monoisotopic (exact) mass is 242 g/mol. The number of β-amino-alcohol motifs (C(OH)–C–C–N with tert-alkyl or cyclic N) is 2. The Labute approximate surface area is 102 Å². The Morgan fingerprint density at radius 2 is 1.82 bits per heavy atom. The van der Waals surface area contributed by atoms with E-state index < -0.39 is 12.2 Å². The van der Waals surface area contributed by atoms with E-state index >= 15 is 0 Å². The first-order chi connectivity index (χ1) is 8.00. The van der Waals surface area contributed by atoms with Gasteiger partial charge in [0.15, 0.2) is 0 Å². The molecule has 0 bridgehead atoms. The average Bonchev–Trinajstić information content (AvgIpc) is 2.59. The van der Waals surface area contributed by atoms with Crippen LogP contribution in [0.1, 0.15) is 26.2 Å². The van der Waals surface area contributed by atoms with Crippen LogP contribution in [0.15, 0.2) is 0 Å². The highest BCUT2D eigenvalue weighted by atomic mass is 16.3. The molecule has 4 N–H and O–H groups in total. The molecule has 0 radical (unpaired) electrons. The van der Waals surface area contributed by atoms with E-state index in [9.17, 15) is 15.0 Å². The summed E-state index contributed by atoms with van der Waals surface area (Å²) >= 11 is 0. The molecule has 1 saturated heterocycles. The molecule has 0 aromatic heterocycles. The van der Waals surface area contributed by atoms with Gasteiger partial charge in [0.25, 0.3) is 0 Å². The van der Waals surface area contributed by atoms with E-state index in [2.05, 4.69) is 6.92 Å². The molecule has 1 amide bonds. The summed E-state index contributed by atoms with van der Waals surface area (Å²) in [4.78, 5) is 13.9. The Balaban J connectivity index is 2.03. The minimum Gasteiger partial charge on any atom is -0.388 e. The van der Waals surface area contributed by atoms with Crippen LogP contribution in [0.25, 0.3) is 0 Å². The molecule has 1 heterocycles. The molecular weight excluding hydrogens is 220 g/mol. The Kier molecular flexibility index (Phi) is 3.70. The van der Waals surface area contributed by atoms with Crippen molar-refractivity contribution in [1.29, 1.82) is 0 Å². The molecule has 0 spiro atoms. The van der Waals surface area contributed by atoms with Crippen molar-refractivity contribution >= 4 is 5.91 Å². The van der Waals surface area contributed by atoms with Crippen LogP contribution in [0, 0.1) is 11.8 Å². The molecule has 1 saturated carbocycles. The number of amides is 1. The summed E-state index contributed by atoms with van der Waals surface area (Å²) in [7, 11) is 0. The lowest BCUT2D eigenvalue weighted by molar-refractivity contribution is -0.138. The predicted octanol–water partition coefficient (Wildman–Crippen LogP) is -0.686. The maximum Gasteiger partial charge on any atom is 0.227 e. The van der Waals surface area contributed by atoms with Gasteiger partial charge in [-0.2, -0.15) is 0 Å². The van der Waals surface area contributed by atoms with E-state index in [0.29, 0.717) is 5.92 Å². The zero-order valence-corrected chi connectivity index (χ0v) is 10.2. The molecule has 1 aliphatic heterocycles. The molecule has 98 valence electrons. The molecule has 2 fully saturated rings. The molecule has 5 heteroatoms. The van der Waals surface area contributed by atoms with Crippen LogP contribution in [0.4, 0.5) is 0 Å². The number of nitrogens with two attached hydrogens (primary N) is 1. The second kappa shape index (κ2) is 4.92. The van der Waals surface area contributed by atoms with E-state index in [-0.39, 0.29) is 31.0 Å². The van der Waals surface area contributed by atoms with E-state index in [1.54, 1.807) is 4.90 Å². The van der Waals surface area contributed by atoms with Crippen LogP contribution < -0.4 is 5.73 Å². The number of carbonyl (C=O) groups excluding carboxylic acids is 1. The molecule has 0 aromatic rings. The van der Waals surface area contributed by atoms with Crippen molar-refractivity contribution in [1.82, 2.24) is 4.90 Å². The Bertz CT molecular complexity index is 277. The first-order valence-corrected chi connectivity index (χ1v) is 6.41. The highest BCUT2D eigenvalue weighted by Gasteiger charge is 2.40. The van der Waals surface area contributed by atoms with Crippen LogP contribution >= 0.6 is 0 Å². The van der Waals surface area contributed by atoms with Crippen molar-refractivity contribution in [2.75, 3.05) is 13.1 Å². The maximum atomic E-state index is 12.3. The van der Waals surface area contributed by atoms with Crippen molar-refractivity contribution in [2.45, 2.75) is 44.4 Å². The first-order valence-electron chi connectivity index (χ1n) is 6.41. The SMILES string of the molecule is CC1CCCC(N)C1C(=O)N1CC(O)C(O)C1. The van der Waals surface area contributed by atoms with Gasteiger partial charge in [-0.15, -0.1) is 0 Å². The summed E-state index contributed by atoms with van der Waals surface area (Å²) in [6, 6.07) is -0.0823. The third kappa shape index (κ3) is 2.46. The van der Waals surface area contributed by atoms with E-state index in [4.69, 9.17) is 5.73 Å². The predicted molar refractivity (Wildman–Crippen MR) is 63.1 cm³/mol. The van der Waals surface area contributed by atoms with E-state index in [0.717, 1.165) is 19.3 Å². The van der Waals surface area contributed by atoms with E-state index in [1.165, 1.54) is 0 Å². The summed E-state index contributed by atoms with van der Waals surface area (Å²) in [6.07, 6.45) is 1.38. The molecule has 17 heavy (non-hydrogen) atoms. The topological polar surface area (TPSA) is 86.8 Å². The van der Waals surface area contributed by atoms with Gasteiger partial charge in [0.05, 0.1) is 18.1 Å². The quantitative estimate of drug-likeness (QED) is 0.568. The normalized spacial score (nSPS) is 42.8.